The number of hydrogen-bond acceptors (Lipinski definition) is 6. The Balaban J connectivity index is 5.96. The summed E-state index contributed by atoms with van der Waals surface area (Å²) in [5.41, 5.74) is -0.412. The summed E-state index contributed by atoms with van der Waals surface area (Å²) in [6, 6.07) is 0. The molecule has 0 aromatic carbocycles. The van der Waals surface area contributed by atoms with Gasteiger partial charge in [-0.3, -0.25) is 0 Å². The molecule has 6 nitrogen and oxygen atoms in total. The third kappa shape index (κ3) is 18.5. The van der Waals surface area contributed by atoms with Gasteiger partial charge < -0.3 is 28.8 Å². The monoisotopic (exact) mass is 603 g/mol. The van der Waals surface area contributed by atoms with Gasteiger partial charge in [-0.2, -0.15) is 0 Å². The van der Waals surface area contributed by atoms with Gasteiger partial charge in [0.2, 0.25) is 0 Å². The van der Waals surface area contributed by atoms with Crippen molar-refractivity contribution >= 4 is 0 Å². The summed E-state index contributed by atoms with van der Waals surface area (Å²) >= 11 is 0. The molecule has 0 fully saturated rings. The highest BCUT2D eigenvalue weighted by Gasteiger charge is 2.42. The molecule has 0 rings (SSSR count). The Morgan fingerprint density at radius 1 is 0.690 bits per heavy atom. The van der Waals surface area contributed by atoms with Crippen LogP contribution in [0.3, 0.4) is 0 Å². The summed E-state index contributed by atoms with van der Waals surface area (Å²) in [5.74, 6) is -0.791. The van der Waals surface area contributed by atoms with Crippen LogP contribution in [0, 0.1) is 34.5 Å². The number of rotatable bonds is 26. The van der Waals surface area contributed by atoms with Crippen molar-refractivity contribution in [2.45, 2.75) is 166 Å². The molecule has 0 bridgehead atoms. The highest BCUT2D eigenvalue weighted by atomic mass is 16.9. The fourth-order valence-electron chi connectivity index (χ4n) is 4.93. The lowest BCUT2D eigenvalue weighted by Crippen LogP contribution is -2.47. The Morgan fingerprint density at radius 3 is 1.79 bits per heavy atom. The molecule has 1 N–H and O–H groups in total. The summed E-state index contributed by atoms with van der Waals surface area (Å²) < 4.78 is 32.5. The van der Waals surface area contributed by atoms with E-state index in [1.54, 1.807) is 6.92 Å². The molecule has 0 aliphatic heterocycles. The van der Waals surface area contributed by atoms with Crippen molar-refractivity contribution in [1.82, 2.24) is 0 Å². The van der Waals surface area contributed by atoms with Gasteiger partial charge in [0.05, 0.1) is 39.1 Å². The number of ether oxygens (including phenoxy) is 5. The zero-order chi connectivity index (χ0) is 32.6. The van der Waals surface area contributed by atoms with Crippen LogP contribution in [-0.4, -0.2) is 56.0 Å². The molecule has 0 aliphatic carbocycles. The van der Waals surface area contributed by atoms with Crippen LogP contribution in [-0.2, 0) is 23.7 Å². The molecule has 4 unspecified atom stereocenters. The molecule has 0 aromatic rings. The Kier molecular flexibility index (Phi) is 19.9. The van der Waals surface area contributed by atoms with Crippen molar-refractivity contribution in [3.05, 3.63) is 0 Å². The van der Waals surface area contributed by atoms with Gasteiger partial charge in [0.15, 0.2) is 5.79 Å². The lowest BCUT2D eigenvalue weighted by Gasteiger charge is -2.42. The highest BCUT2D eigenvalue weighted by molar-refractivity contribution is 4.79. The maximum atomic E-state index is 10.9. The quantitative estimate of drug-likeness (QED) is 0.0995. The second-order valence-corrected chi connectivity index (χ2v) is 15.5. The van der Waals surface area contributed by atoms with Crippen molar-refractivity contribution in [2.24, 2.45) is 34.5 Å². The van der Waals surface area contributed by atoms with E-state index in [9.17, 15) is 5.11 Å². The smallest absolute Gasteiger partial charge is 0.283 e. The predicted octanol–water partition coefficient (Wildman–Crippen LogP) is 9.62. The number of hydrogen-bond donors (Lipinski definition) is 1. The molecule has 42 heavy (non-hydrogen) atoms. The SMILES string of the molecule is CCCC(CC)OCC(C)(C)CCOC(CC(C)(C)COC(C)(O)CC(C)C)(OCC(CC)CC)OCC(C)C(C)C. The standard InChI is InChI=1S/C36H74O6/c1-15-19-32(18-4)38-26-33(10,11)20-21-39-36(40-23-30(9)29(7)8,41-24-31(16-2)17-3)25-34(12,13)27-42-35(14,37)22-28(5)6/h28-32,37H,15-27H2,1-14H3. The molecule has 0 amide bonds. The van der Waals surface area contributed by atoms with E-state index in [1.165, 1.54) is 0 Å². The Morgan fingerprint density at radius 2 is 1.29 bits per heavy atom. The fourth-order valence-corrected chi connectivity index (χ4v) is 4.93. The van der Waals surface area contributed by atoms with Crippen molar-refractivity contribution in [3.63, 3.8) is 0 Å². The van der Waals surface area contributed by atoms with E-state index < -0.39 is 11.8 Å². The zero-order valence-corrected chi connectivity index (χ0v) is 30.6. The molecule has 0 saturated heterocycles. The Bertz CT molecular complexity index is 662. The molecule has 6 heteroatoms. The minimum Gasteiger partial charge on any atom is -0.378 e. The third-order valence-corrected chi connectivity index (χ3v) is 8.53. The zero-order valence-electron chi connectivity index (χ0n) is 30.6. The first-order valence-corrected chi connectivity index (χ1v) is 17.2. The van der Waals surface area contributed by atoms with Crippen LogP contribution >= 0.6 is 0 Å². The summed E-state index contributed by atoms with van der Waals surface area (Å²) in [6.45, 7) is 32.9. The van der Waals surface area contributed by atoms with Gasteiger partial charge >= 0.3 is 0 Å². The van der Waals surface area contributed by atoms with Crippen LogP contribution in [0.2, 0.25) is 0 Å². The molecule has 4 atom stereocenters. The molecule has 0 saturated carbocycles. The Hall–Kier alpha value is -0.240. The van der Waals surface area contributed by atoms with Crippen LogP contribution in [0.15, 0.2) is 0 Å². The van der Waals surface area contributed by atoms with Gasteiger partial charge in [-0.15, -0.1) is 0 Å². The van der Waals surface area contributed by atoms with Crippen LogP contribution in [0.25, 0.3) is 0 Å². The first-order chi connectivity index (χ1) is 19.4. The van der Waals surface area contributed by atoms with Gasteiger partial charge in [-0.25, -0.2) is 0 Å². The molecular weight excluding hydrogens is 528 g/mol. The summed E-state index contributed by atoms with van der Waals surface area (Å²) in [4.78, 5) is 0. The van der Waals surface area contributed by atoms with Crippen LogP contribution in [0.1, 0.15) is 148 Å². The van der Waals surface area contributed by atoms with E-state index in [4.69, 9.17) is 23.7 Å². The normalized spacial score (nSPS) is 17.6. The molecule has 0 aliphatic rings. The first-order valence-electron chi connectivity index (χ1n) is 17.2. The third-order valence-electron chi connectivity index (χ3n) is 8.53. The Labute approximate surface area is 262 Å². The van der Waals surface area contributed by atoms with Gasteiger partial charge in [0, 0.05) is 12.8 Å². The highest BCUT2D eigenvalue weighted by Crippen LogP contribution is 2.37. The van der Waals surface area contributed by atoms with E-state index in [0.29, 0.717) is 75.7 Å². The molecular formula is C36H74O6. The van der Waals surface area contributed by atoms with Crippen molar-refractivity contribution in [1.29, 1.82) is 0 Å². The second kappa shape index (κ2) is 20.0. The maximum absolute atomic E-state index is 10.9. The van der Waals surface area contributed by atoms with Crippen LogP contribution < -0.4 is 0 Å². The van der Waals surface area contributed by atoms with E-state index in [-0.39, 0.29) is 10.8 Å². The van der Waals surface area contributed by atoms with Gasteiger partial charge in [-0.05, 0) is 60.7 Å². The molecule has 0 heterocycles. The second-order valence-electron chi connectivity index (χ2n) is 15.5. The summed E-state index contributed by atoms with van der Waals surface area (Å²) in [7, 11) is 0. The lowest BCUT2D eigenvalue weighted by molar-refractivity contribution is -0.399. The molecule has 0 radical (unpaired) electrons. The van der Waals surface area contributed by atoms with Crippen molar-refractivity contribution < 1.29 is 28.8 Å². The lowest BCUT2D eigenvalue weighted by atomic mass is 9.88. The minimum atomic E-state index is -1.20. The van der Waals surface area contributed by atoms with E-state index in [1.807, 2.05) is 0 Å². The minimum absolute atomic E-state index is 0.0400. The first kappa shape index (κ1) is 41.8. The molecule has 254 valence electrons. The molecule has 0 aromatic heterocycles. The van der Waals surface area contributed by atoms with Crippen molar-refractivity contribution in [2.75, 3.05) is 33.0 Å². The van der Waals surface area contributed by atoms with E-state index >= 15 is 0 Å². The predicted molar refractivity (Wildman–Crippen MR) is 176 cm³/mol. The van der Waals surface area contributed by atoms with Gasteiger partial charge in [0.1, 0.15) is 0 Å². The summed E-state index contributed by atoms with van der Waals surface area (Å²) in [5, 5.41) is 10.9. The molecule has 0 spiro atoms. The van der Waals surface area contributed by atoms with E-state index in [0.717, 1.165) is 38.5 Å². The van der Waals surface area contributed by atoms with E-state index in [2.05, 4.69) is 90.0 Å². The van der Waals surface area contributed by atoms with Crippen molar-refractivity contribution in [3.8, 4) is 0 Å². The van der Waals surface area contributed by atoms with Crippen LogP contribution in [0.5, 0.6) is 0 Å². The average molecular weight is 603 g/mol. The average Bonchev–Trinajstić information content (AvgIpc) is 2.88. The fraction of sp³-hybridized carbons (Fsp3) is 1.00. The number of aliphatic hydroxyl groups is 1. The maximum Gasteiger partial charge on any atom is 0.283 e. The summed E-state index contributed by atoms with van der Waals surface area (Å²) in [6.07, 6.45) is 7.56. The van der Waals surface area contributed by atoms with Crippen LogP contribution in [0.4, 0.5) is 0 Å². The topological polar surface area (TPSA) is 66.4 Å². The van der Waals surface area contributed by atoms with Gasteiger partial charge in [-0.1, -0.05) is 109 Å². The largest absolute Gasteiger partial charge is 0.378 e. The van der Waals surface area contributed by atoms with Gasteiger partial charge in [0.25, 0.3) is 5.97 Å².